The number of morpholine rings is 3. The molecule has 0 bridgehead atoms. The van der Waals surface area contributed by atoms with Gasteiger partial charge < -0.3 is 58.0 Å². The van der Waals surface area contributed by atoms with Gasteiger partial charge in [-0.3, -0.25) is 48.3 Å². The summed E-state index contributed by atoms with van der Waals surface area (Å²) in [6, 6.07) is 44.2. The molecule has 6 fully saturated rings. The van der Waals surface area contributed by atoms with E-state index in [1.807, 2.05) is 165 Å². The summed E-state index contributed by atoms with van der Waals surface area (Å²) in [5, 5.41) is 21.2. The Morgan fingerprint density at radius 2 is 0.815 bits per heavy atom. The second-order valence-corrected chi connectivity index (χ2v) is 38.2. The SMILES string of the molecule is CCOC(=O)NN=C(C(=O)Nc1cc(C(C)(C)C)cc(C(=O)CC2CC2)c1OC)c1ccc(OCCN2CCOCC2)c2ccccc12.COc1c(C(=O)CC2CC2)cc(C(C)(C)C)cc1-n1c(=O)[nH]nc(-c2ccc(OCCN3CCOCC3)c3ccccc23)c1=O.COc1c(NC(=O)C(=O)c2ccc(OCCN3CCOCC3)c3ccccc23)cc(C(C)(C)C)cc1C(=O)CC1CC1. The van der Waals surface area contributed by atoms with E-state index in [2.05, 4.69) is 46.1 Å². The van der Waals surface area contributed by atoms with E-state index in [0.29, 0.717) is 137 Å². The number of ether oxygens (including phenoxy) is 10. The highest BCUT2D eigenvalue weighted by molar-refractivity contribution is 6.51. The first-order valence-electron chi connectivity index (χ1n) is 46.9. The first kappa shape index (κ1) is 98.5. The van der Waals surface area contributed by atoms with Crippen LogP contribution in [-0.4, -0.2) is 223 Å². The number of rotatable bonds is 34. The average molecular weight is 1840 g/mol. The summed E-state index contributed by atoms with van der Waals surface area (Å²) in [4.78, 5) is 128. The largest absolute Gasteiger partial charge is 0.494 e. The Hall–Kier alpha value is -12.5. The number of H-pyrrole nitrogens is 1. The molecule has 1 aromatic heterocycles. The highest BCUT2D eigenvalue weighted by Crippen LogP contribution is 2.45. The van der Waals surface area contributed by atoms with E-state index in [4.69, 9.17) is 47.4 Å². The van der Waals surface area contributed by atoms with Crippen LogP contribution in [-0.2, 0) is 44.8 Å². The lowest BCUT2D eigenvalue weighted by Gasteiger charge is -2.26. The highest BCUT2D eigenvalue weighted by atomic mass is 16.6. The Morgan fingerprint density at radius 1 is 0.444 bits per heavy atom. The number of nitrogens with one attached hydrogen (secondary N) is 4. The summed E-state index contributed by atoms with van der Waals surface area (Å²) in [5.41, 5.74) is 6.00. The minimum absolute atomic E-state index is 0.0162. The average Bonchev–Trinajstić information content (AvgIpc) is 1.75. The minimum Gasteiger partial charge on any atom is -0.494 e. The molecular formula is C106H126N10O19. The third-order valence-electron chi connectivity index (χ3n) is 25.2. The molecule has 4 heterocycles. The van der Waals surface area contributed by atoms with E-state index in [9.17, 15) is 43.2 Å². The lowest BCUT2D eigenvalue weighted by molar-refractivity contribution is -0.112. The number of carbonyl (C=O) groups excluding carboxylic acids is 7. The van der Waals surface area contributed by atoms with Gasteiger partial charge in [-0.05, 0) is 185 Å². The normalized spacial score (nSPS) is 15.7. The third-order valence-corrected chi connectivity index (χ3v) is 25.2. The minimum atomic E-state index is -0.800. The number of methoxy groups -OCH3 is 3. The van der Waals surface area contributed by atoms with Crippen molar-refractivity contribution in [2.75, 3.05) is 157 Å². The molecular weight excluding hydrogens is 1720 g/mol. The van der Waals surface area contributed by atoms with Crippen LogP contribution >= 0.6 is 0 Å². The number of hydrazone groups is 1. The number of fused-ring (bicyclic) bond motifs is 3. The summed E-state index contributed by atoms with van der Waals surface area (Å²) < 4.78 is 58.1. The number of aromatic amines is 1. The molecule has 16 rings (SSSR count). The van der Waals surface area contributed by atoms with Crippen LogP contribution in [0.5, 0.6) is 34.5 Å². The number of benzene rings is 9. The second-order valence-electron chi connectivity index (χ2n) is 38.2. The fourth-order valence-electron chi connectivity index (χ4n) is 16.8. The number of Topliss-reactive ketones (excluding diaryl/α,β-unsaturated/α-hetero) is 4. The summed E-state index contributed by atoms with van der Waals surface area (Å²) in [6.07, 6.45) is 6.72. The fraction of sp³-hybridized carbons (Fsp3) is 0.443. The molecule has 0 atom stereocenters. The highest BCUT2D eigenvalue weighted by Gasteiger charge is 2.36. The Morgan fingerprint density at radius 3 is 1.22 bits per heavy atom. The van der Waals surface area contributed by atoms with Crippen LogP contribution in [0.3, 0.4) is 0 Å². The number of carbonyl (C=O) groups is 7. The van der Waals surface area contributed by atoms with Gasteiger partial charge in [-0.25, -0.2) is 24.7 Å². The van der Waals surface area contributed by atoms with Crippen LogP contribution in [0.15, 0.2) is 160 Å². The van der Waals surface area contributed by atoms with Crippen LogP contribution in [0, 0.1) is 17.8 Å². The predicted octanol–water partition coefficient (Wildman–Crippen LogP) is 16.3. The predicted molar refractivity (Wildman–Crippen MR) is 521 cm³/mol. The molecule has 714 valence electrons. The van der Waals surface area contributed by atoms with Crippen molar-refractivity contribution in [2.24, 2.45) is 22.9 Å². The van der Waals surface area contributed by atoms with Crippen LogP contribution in [0.25, 0.3) is 49.3 Å². The molecule has 4 N–H and O–H groups in total. The van der Waals surface area contributed by atoms with Crippen molar-refractivity contribution in [1.29, 1.82) is 0 Å². The zero-order chi connectivity index (χ0) is 95.8. The molecule has 9 aromatic carbocycles. The maximum atomic E-state index is 14.3. The van der Waals surface area contributed by atoms with Crippen molar-refractivity contribution >= 4 is 90.4 Å². The molecule has 3 saturated carbocycles. The van der Waals surface area contributed by atoms with Gasteiger partial charge in [-0.1, -0.05) is 135 Å². The maximum Gasteiger partial charge on any atom is 0.427 e. The van der Waals surface area contributed by atoms with Crippen molar-refractivity contribution in [3.63, 3.8) is 0 Å². The van der Waals surface area contributed by atoms with E-state index in [1.54, 1.807) is 49.4 Å². The Bertz CT molecular complexity index is 6170. The summed E-state index contributed by atoms with van der Waals surface area (Å²) in [7, 11) is 4.41. The monoisotopic (exact) mass is 1840 g/mol. The number of nitrogens with zero attached hydrogens (tertiary/aromatic N) is 6. The van der Waals surface area contributed by atoms with Gasteiger partial charge in [0.15, 0.2) is 46.0 Å². The van der Waals surface area contributed by atoms with Crippen molar-refractivity contribution in [3.8, 4) is 51.4 Å². The summed E-state index contributed by atoms with van der Waals surface area (Å²) >= 11 is 0. The van der Waals surface area contributed by atoms with Crippen LogP contribution in [0.4, 0.5) is 16.2 Å². The molecule has 3 aliphatic carbocycles. The zero-order valence-corrected chi connectivity index (χ0v) is 79.8. The molecule has 29 nitrogen and oxygen atoms in total. The molecule has 10 aromatic rings. The maximum absolute atomic E-state index is 14.3. The zero-order valence-electron chi connectivity index (χ0n) is 79.8. The quantitative estimate of drug-likeness (QED) is 0.0126. The molecule has 3 aliphatic heterocycles. The number of anilines is 2. The van der Waals surface area contributed by atoms with Gasteiger partial charge >= 0.3 is 11.8 Å². The van der Waals surface area contributed by atoms with Crippen LogP contribution < -0.4 is 55.7 Å². The first-order chi connectivity index (χ1) is 64.9. The molecule has 29 heteroatoms. The van der Waals surface area contributed by atoms with E-state index in [-0.39, 0.29) is 80.1 Å². The van der Waals surface area contributed by atoms with Gasteiger partial charge in [-0.2, -0.15) is 10.2 Å². The topological polar surface area (TPSA) is 338 Å². The first-order valence-corrected chi connectivity index (χ1v) is 46.9. The number of hydrogen-bond donors (Lipinski definition) is 4. The Labute approximate surface area is 787 Å². The molecule has 0 unspecified atom stereocenters. The van der Waals surface area contributed by atoms with Crippen molar-refractivity contribution in [3.05, 3.63) is 211 Å². The van der Waals surface area contributed by atoms with Gasteiger partial charge in [0.05, 0.1) is 101 Å². The molecule has 135 heavy (non-hydrogen) atoms. The van der Waals surface area contributed by atoms with E-state index in [1.165, 1.54) is 21.3 Å². The van der Waals surface area contributed by atoms with E-state index >= 15 is 0 Å². The smallest absolute Gasteiger partial charge is 0.427 e. The number of ketones is 4. The number of amides is 3. The second kappa shape index (κ2) is 44.3. The molecule has 0 spiro atoms. The lowest BCUT2D eigenvalue weighted by atomic mass is 9.84. The molecule has 6 aliphatic rings. The van der Waals surface area contributed by atoms with E-state index < -0.39 is 34.9 Å². The van der Waals surface area contributed by atoms with E-state index in [0.717, 1.165) is 167 Å². The van der Waals surface area contributed by atoms with Gasteiger partial charge in [0.25, 0.3) is 23.2 Å². The molecule has 3 saturated heterocycles. The van der Waals surface area contributed by atoms with Gasteiger partial charge in [0, 0.05) is 111 Å². The van der Waals surface area contributed by atoms with Gasteiger partial charge in [0.2, 0.25) is 0 Å². The number of hydrogen-bond acceptors (Lipinski definition) is 24. The van der Waals surface area contributed by atoms with Crippen molar-refractivity contribution in [1.82, 2.24) is 34.9 Å². The summed E-state index contributed by atoms with van der Waals surface area (Å²) in [6.45, 7) is 33.6. The summed E-state index contributed by atoms with van der Waals surface area (Å²) in [5.74, 6) is 1.75. The standard InChI is InChI=1S/C37H46N4O7.C35H40N4O6.C34H40N2O6/c1-6-47-36(44)40-39-33(28-13-14-32(27-10-8-7-9-26(27)28)48-20-17-41-15-18-46-19-16-41)35(43)38-30-23-25(37(2,3)4)22-29(34(30)45-5)31(42)21-24-11-12-24;1-35(2,3)23-20-27(29(40)19-22-9-10-22)32(43-4)28(21-23)39-33(41)31(36-37-34(39)42)26-11-12-30(25-8-6-5-7-24(25)26)45-18-15-38-13-16-44-17-14-38;1-34(2,3)23-20-27(29(37)19-22-9-10-22)32(40-4)28(21-23)35-33(39)31(38)26-11-12-30(25-8-6-5-7-24(25)26)42-18-15-36-13-16-41-17-14-36/h7-10,13-14,22-24H,6,11-12,15-21H2,1-5H3,(H,38,43)(H,40,44);5-8,11-12,20-22H,9-10,13-19H2,1-4H3,(H,37,42);5-8,11-12,20-22H,9-10,13-19H2,1-4H3,(H,35,39). The third kappa shape index (κ3) is 25.0. The molecule has 3 amide bonds. The molecule has 0 radical (unpaired) electrons. The Balaban J connectivity index is 0.000000163. The lowest BCUT2D eigenvalue weighted by Crippen LogP contribution is -2.38. The van der Waals surface area contributed by atoms with Crippen molar-refractivity contribution in [2.45, 2.75) is 143 Å². The van der Waals surface area contributed by atoms with Crippen LogP contribution in [0.2, 0.25) is 0 Å². The van der Waals surface area contributed by atoms with Gasteiger partial charge in [-0.15, -0.1) is 0 Å². The number of aromatic nitrogens is 3. The van der Waals surface area contributed by atoms with Crippen LogP contribution in [0.1, 0.15) is 191 Å². The Kier molecular flexibility index (Phi) is 32.3. The fourth-order valence-corrected chi connectivity index (χ4v) is 16.8. The van der Waals surface area contributed by atoms with Crippen molar-refractivity contribution < 1.29 is 80.9 Å². The van der Waals surface area contributed by atoms with Gasteiger partial charge in [0.1, 0.15) is 37.1 Å².